The summed E-state index contributed by atoms with van der Waals surface area (Å²) in [7, 11) is -4.19. The lowest BCUT2D eigenvalue weighted by atomic mass is 10.4. The lowest BCUT2D eigenvalue weighted by Gasteiger charge is -2.11. The fraction of sp³-hybridized carbons (Fsp3) is 0.444. The molecule has 0 spiro atoms. The third-order valence-corrected chi connectivity index (χ3v) is 4.78. The van der Waals surface area contributed by atoms with Gasteiger partial charge in [0.2, 0.25) is 20.0 Å². The van der Waals surface area contributed by atoms with Crippen molar-refractivity contribution in [3.05, 3.63) is 18.3 Å². The van der Waals surface area contributed by atoms with Crippen molar-refractivity contribution in [3.8, 4) is 0 Å². The topological polar surface area (TPSA) is 122 Å². The minimum Gasteiger partial charge on any atom is -0.369 e. The molecule has 1 aromatic rings. The molecular weight excluding hydrogens is 292 g/mol. The first-order valence-corrected chi connectivity index (χ1v) is 8.41. The molecule has 108 valence electrons. The van der Waals surface area contributed by atoms with Crippen LogP contribution in [0.5, 0.6) is 0 Å². The number of anilines is 1. The third-order valence-electron chi connectivity index (χ3n) is 2.21. The van der Waals surface area contributed by atoms with Crippen molar-refractivity contribution >= 4 is 25.9 Å². The average Bonchev–Trinajstić information content (AvgIpc) is 2.27. The van der Waals surface area contributed by atoms with Gasteiger partial charge in [-0.3, -0.25) is 0 Å². The van der Waals surface area contributed by atoms with Crippen LogP contribution in [-0.4, -0.2) is 52.5 Å². The number of rotatable bonds is 6. The fourth-order valence-corrected chi connectivity index (χ4v) is 2.40. The second kappa shape index (κ2) is 5.82. The number of nitrogens with two attached hydrogens (primary N) is 1. The monoisotopic (exact) mass is 308 g/mol. The normalized spacial score (nSPS) is 12.6. The molecule has 0 fully saturated rings. The lowest BCUT2D eigenvalue weighted by Crippen LogP contribution is -2.23. The standard InChI is InChI=1S/C9H16N4O4S2/c1-13(2)19(16,17)8-3-4-9(12-7-8)11-5-6-18(10,14)15/h3-4,7H,5-6H2,1-2H3,(H,11,12)(H2,10,14,15). The minimum atomic E-state index is -3.53. The molecule has 0 aliphatic heterocycles. The Kier molecular flexibility index (Phi) is 4.85. The van der Waals surface area contributed by atoms with Crippen molar-refractivity contribution in [1.82, 2.24) is 9.29 Å². The van der Waals surface area contributed by atoms with Crippen LogP contribution in [0.25, 0.3) is 0 Å². The van der Waals surface area contributed by atoms with Crippen LogP contribution in [0, 0.1) is 0 Å². The molecule has 0 saturated carbocycles. The van der Waals surface area contributed by atoms with Crippen molar-refractivity contribution in [2.45, 2.75) is 4.90 Å². The van der Waals surface area contributed by atoms with Gasteiger partial charge in [-0.1, -0.05) is 0 Å². The van der Waals surface area contributed by atoms with Gasteiger partial charge in [-0.25, -0.2) is 31.3 Å². The van der Waals surface area contributed by atoms with E-state index in [-0.39, 0.29) is 17.2 Å². The summed E-state index contributed by atoms with van der Waals surface area (Å²) in [6.45, 7) is 0.103. The molecule has 10 heteroatoms. The predicted molar refractivity (Wildman–Crippen MR) is 71.6 cm³/mol. The van der Waals surface area contributed by atoms with Crippen LogP contribution in [0.1, 0.15) is 0 Å². The van der Waals surface area contributed by atoms with Crippen LogP contribution in [0.15, 0.2) is 23.2 Å². The number of sulfonamides is 2. The van der Waals surface area contributed by atoms with Gasteiger partial charge < -0.3 is 5.32 Å². The number of hydrogen-bond acceptors (Lipinski definition) is 6. The van der Waals surface area contributed by atoms with Crippen LogP contribution >= 0.6 is 0 Å². The van der Waals surface area contributed by atoms with Crippen LogP contribution in [0.4, 0.5) is 5.82 Å². The van der Waals surface area contributed by atoms with E-state index in [1.54, 1.807) is 0 Å². The molecule has 1 heterocycles. The molecule has 0 atom stereocenters. The second-order valence-electron chi connectivity index (χ2n) is 3.96. The van der Waals surface area contributed by atoms with Gasteiger partial charge in [0.25, 0.3) is 0 Å². The van der Waals surface area contributed by atoms with Gasteiger partial charge in [0.1, 0.15) is 10.7 Å². The average molecular weight is 308 g/mol. The van der Waals surface area contributed by atoms with Gasteiger partial charge >= 0.3 is 0 Å². The number of aromatic nitrogens is 1. The molecule has 0 aliphatic carbocycles. The molecule has 1 aromatic heterocycles. The van der Waals surface area contributed by atoms with Gasteiger partial charge in [0.15, 0.2) is 0 Å². The Balaban J connectivity index is 2.73. The molecule has 0 amide bonds. The maximum absolute atomic E-state index is 11.8. The lowest BCUT2D eigenvalue weighted by molar-refractivity contribution is 0.520. The Hall–Kier alpha value is -1.23. The summed E-state index contributed by atoms with van der Waals surface area (Å²) in [5, 5.41) is 7.57. The fourth-order valence-electron chi connectivity index (χ4n) is 1.17. The zero-order valence-corrected chi connectivity index (χ0v) is 12.2. The van der Waals surface area contributed by atoms with Gasteiger partial charge in [-0.05, 0) is 12.1 Å². The molecular formula is C9H16N4O4S2. The zero-order chi connectivity index (χ0) is 14.7. The summed E-state index contributed by atoms with van der Waals surface area (Å²) in [6.07, 6.45) is 1.20. The summed E-state index contributed by atoms with van der Waals surface area (Å²) >= 11 is 0. The van der Waals surface area contributed by atoms with Crippen molar-refractivity contribution in [2.75, 3.05) is 31.7 Å². The summed E-state index contributed by atoms with van der Waals surface area (Å²) in [4.78, 5) is 3.96. The van der Waals surface area contributed by atoms with Crippen LogP contribution in [0.3, 0.4) is 0 Å². The number of primary sulfonamides is 1. The van der Waals surface area contributed by atoms with Crippen LogP contribution < -0.4 is 10.5 Å². The highest BCUT2D eigenvalue weighted by Gasteiger charge is 2.17. The predicted octanol–water partition coefficient (Wildman–Crippen LogP) is -0.968. The number of pyridine rings is 1. The first-order chi connectivity index (χ1) is 8.63. The van der Waals surface area contributed by atoms with E-state index >= 15 is 0 Å². The Morgan fingerprint density at radius 2 is 1.89 bits per heavy atom. The summed E-state index contributed by atoms with van der Waals surface area (Å²) < 4.78 is 46.0. The summed E-state index contributed by atoms with van der Waals surface area (Å²) in [6, 6.07) is 2.85. The Morgan fingerprint density at radius 1 is 1.26 bits per heavy atom. The first kappa shape index (κ1) is 15.8. The highest BCUT2D eigenvalue weighted by Crippen LogP contribution is 2.13. The van der Waals surface area contributed by atoms with Gasteiger partial charge in [0.05, 0.1) is 5.75 Å². The van der Waals surface area contributed by atoms with E-state index < -0.39 is 20.0 Å². The zero-order valence-electron chi connectivity index (χ0n) is 10.6. The Morgan fingerprint density at radius 3 is 2.32 bits per heavy atom. The van der Waals surface area contributed by atoms with Gasteiger partial charge in [0, 0.05) is 26.8 Å². The molecule has 0 unspecified atom stereocenters. The van der Waals surface area contributed by atoms with E-state index in [0.717, 1.165) is 4.31 Å². The highest BCUT2D eigenvalue weighted by atomic mass is 32.2. The molecule has 0 saturated heterocycles. The number of nitrogens with zero attached hydrogens (tertiary/aromatic N) is 2. The van der Waals surface area contributed by atoms with Crippen molar-refractivity contribution in [2.24, 2.45) is 5.14 Å². The SMILES string of the molecule is CN(C)S(=O)(=O)c1ccc(NCCS(N)(=O)=O)nc1. The summed E-state index contributed by atoms with van der Waals surface area (Å²) in [5.41, 5.74) is 0. The van der Waals surface area contributed by atoms with Gasteiger partial charge in [-0.15, -0.1) is 0 Å². The van der Waals surface area contributed by atoms with E-state index in [1.165, 1.54) is 32.4 Å². The third kappa shape index (κ3) is 4.74. The smallest absolute Gasteiger partial charge is 0.244 e. The molecule has 0 aliphatic rings. The van der Waals surface area contributed by atoms with Crippen LogP contribution in [0.2, 0.25) is 0 Å². The van der Waals surface area contributed by atoms with E-state index in [4.69, 9.17) is 5.14 Å². The molecule has 0 aromatic carbocycles. The van der Waals surface area contributed by atoms with Crippen molar-refractivity contribution in [3.63, 3.8) is 0 Å². The molecule has 19 heavy (non-hydrogen) atoms. The quantitative estimate of drug-likeness (QED) is 0.697. The van der Waals surface area contributed by atoms with Gasteiger partial charge in [-0.2, -0.15) is 0 Å². The molecule has 3 N–H and O–H groups in total. The van der Waals surface area contributed by atoms with Crippen molar-refractivity contribution in [1.29, 1.82) is 0 Å². The second-order valence-corrected chi connectivity index (χ2v) is 7.85. The minimum absolute atomic E-state index is 0.0643. The first-order valence-electron chi connectivity index (χ1n) is 5.26. The number of nitrogens with one attached hydrogen (secondary N) is 1. The molecule has 0 bridgehead atoms. The van der Waals surface area contributed by atoms with E-state index in [1.807, 2.05) is 0 Å². The number of hydrogen-bond donors (Lipinski definition) is 2. The van der Waals surface area contributed by atoms with Crippen molar-refractivity contribution < 1.29 is 16.8 Å². The Bertz CT molecular complexity index is 623. The van der Waals surface area contributed by atoms with Crippen LogP contribution in [-0.2, 0) is 20.0 Å². The highest BCUT2D eigenvalue weighted by molar-refractivity contribution is 7.89. The van der Waals surface area contributed by atoms with E-state index in [0.29, 0.717) is 5.82 Å². The largest absolute Gasteiger partial charge is 0.369 e. The molecule has 1 rings (SSSR count). The molecule has 0 radical (unpaired) electrons. The molecule has 8 nitrogen and oxygen atoms in total. The van der Waals surface area contributed by atoms with E-state index in [9.17, 15) is 16.8 Å². The summed E-state index contributed by atoms with van der Waals surface area (Å²) in [5.74, 6) is 0.147. The van der Waals surface area contributed by atoms with E-state index in [2.05, 4.69) is 10.3 Å². The Labute approximate surface area is 112 Å². The maximum Gasteiger partial charge on any atom is 0.244 e. The maximum atomic E-state index is 11.8.